The number of rotatable bonds is 7. The summed E-state index contributed by atoms with van der Waals surface area (Å²) in [5.41, 5.74) is 2.93. The summed E-state index contributed by atoms with van der Waals surface area (Å²) in [5, 5.41) is 34.5. The van der Waals surface area contributed by atoms with E-state index in [4.69, 9.17) is 0 Å². The fourth-order valence-electron chi connectivity index (χ4n) is 15.2. The number of hydrogen-bond acceptors (Lipinski definition) is 4. The first-order chi connectivity index (χ1) is 24.7. The molecule has 5 saturated carbocycles. The molecule has 0 aromatic heterocycles. The van der Waals surface area contributed by atoms with Gasteiger partial charge in [0.15, 0.2) is 0 Å². The lowest BCUT2D eigenvalue weighted by Gasteiger charge is -2.60. The Morgan fingerprint density at radius 2 is 1.45 bits per heavy atom. The molecular formula is C47H67NO3. The Morgan fingerprint density at radius 3 is 2.22 bits per heavy atom. The van der Waals surface area contributed by atoms with Gasteiger partial charge in [-0.3, -0.25) is 4.90 Å². The van der Waals surface area contributed by atoms with Gasteiger partial charge in [0.1, 0.15) is 0 Å². The van der Waals surface area contributed by atoms with Gasteiger partial charge >= 0.3 is 0 Å². The summed E-state index contributed by atoms with van der Waals surface area (Å²) in [6.45, 7) is 7.03. The molecule has 278 valence electrons. The molecule has 5 aliphatic carbocycles. The number of aliphatic hydroxyl groups excluding tert-OH is 2. The minimum Gasteiger partial charge on any atom is -0.393 e. The van der Waals surface area contributed by atoms with Crippen LogP contribution in [-0.4, -0.2) is 57.2 Å². The molecule has 9 rings (SSSR count). The lowest BCUT2D eigenvalue weighted by atomic mass is 9.51. The Balaban J connectivity index is 0.914. The number of benzene rings is 2. The molecule has 14 unspecified atom stereocenters. The highest BCUT2D eigenvalue weighted by Crippen LogP contribution is 2.67. The molecule has 2 heterocycles. The fourth-order valence-corrected chi connectivity index (χ4v) is 15.2. The van der Waals surface area contributed by atoms with Gasteiger partial charge in [0.25, 0.3) is 0 Å². The van der Waals surface area contributed by atoms with Crippen LogP contribution in [0.5, 0.6) is 0 Å². The molecule has 4 heteroatoms. The minimum absolute atomic E-state index is 0.150. The zero-order valence-corrected chi connectivity index (χ0v) is 31.7. The van der Waals surface area contributed by atoms with Crippen LogP contribution in [0.15, 0.2) is 60.7 Å². The van der Waals surface area contributed by atoms with Gasteiger partial charge in [0.05, 0.1) is 17.8 Å². The summed E-state index contributed by atoms with van der Waals surface area (Å²) in [6.07, 6.45) is 18.4. The summed E-state index contributed by atoms with van der Waals surface area (Å²) in [4.78, 5) is 2.80. The van der Waals surface area contributed by atoms with Crippen molar-refractivity contribution in [2.45, 2.75) is 152 Å². The first kappa shape index (κ1) is 35.0. The Hall–Kier alpha value is -1.72. The van der Waals surface area contributed by atoms with E-state index in [1.165, 1.54) is 76.3 Å². The lowest BCUT2D eigenvalue weighted by molar-refractivity contribution is -0.177. The minimum atomic E-state index is -0.620. The van der Waals surface area contributed by atoms with Crippen molar-refractivity contribution in [2.75, 3.05) is 13.1 Å². The van der Waals surface area contributed by atoms with Gasteiger partial charge < -0.3 is 15.3 Å². The average molecular weight is 694 g/mol. The van der Waals surface area contributed by atoms with E-state index in [9.17, 15) is 15.3 Å². The summed E-state index contributed by atoms with van der Waals surface area (Å²) in [7, 11) is 0. The van der Waals surface area contributed by atoms with Gasteiger partial charge in [-0.1, -0.05) is 80.4 Å². The van der Waals surface area contributed by atoms with E-state index < -0.39 is 5.60 Å². The van der Waals surface area contributed by atoms with Gasteiger partial charge in [0, 0.05) is 19.1 Å². The van der Waals surface area contributed by atoms with Crippen molar-refractivity contribution in [3.8, 4) is 0 Å². The predicted molar refractivity (Wildman–Crippen MR) is 205 cm³/mol. The summed E-state index contributed by atoms with van der Waals surface area (Å²) < 4.78 is 0. The van der Waals surface area contributed by atoms with E-state index in [-0.39, 0.29) is 23.5 Å². The second-order valence-electron chi connectivity index (χ2n) is 19.9. The van der Waals surface area contributed by atoms with Crippen molar-refractivity contribution >= 4 is 0 Å². The van der Waals surface area contributed by atoms with Crippen LogP contribution >= 0.6 is 0 Å². The number of nitrogens with zero attached hydrogens (tertiary/aromatic N) is 1. The van der Waals surface area contributed by atoms with Crippen molar-refractivity contribution in [1.29, 1.82) is 0 Å². The molecular weight excluding hydrogens is 627 g/mol. The quantitative estimate of drug-likeness (QED) is 0.271. The summed E-state index contributed by atoms with van der Waals surface area (Å²) in [5.74, 6) is 5.15. The standard InChI is InChI=1S/C47H67NO3/c1-45-24-21-35(49)25-42(45)43(50)27-38-36-18-19-40-39(37(36)26-41(38)45)30-48-29-31(16-20-44(48)46(40,2)51)15-17-33(32-11-5-3-6-12-32)28-47(22-9-10-23-47)34-13-7-4-8-14-34/h3-8,11-14,31,33,35-44,49-51H,9-10,15-30H2,1-2H3. The molecule has 2 aromatic rings. The topological polar surface area (TPSA) is 63.9 Å². The maximum Gasteiger partial charge on any atom is 0.0805 e. The van der Waals surface area contributed by atoms with Gasteiger partial charge in [0.2, 0.25) is 0 Å². The zero-order valence-electron chi connectivity index (χ0n) is 31.7. The van der Waals surface area contributed by atoms with E-state index >= 15 is 0 Å². The van der Waals surface area contributed by atoms with Crippen molar-refractivity contribution in [3.63, 3.8) is 0 Å². The van der Waals surface area contributed by atoms with Crippen LogP contribution in [0.1, 0.15) is 134 Å². The second-order valence-corrected chi connectivity index (χ2v) is 19.9. The molecule has 2 aliphatic heterocycles. The summed E-state index contributed by atoms with van der Waals surface area (Å²) in [6, 6.07) is 23.2. The fraction of sp³-hybridized carbons (Fsp3) is 0.745. The van der Waals surface area contributed by atoms with Crippen LogP contribution < -0.4 is 0 Å². The Kier molecular flexibility index (Phi) is 9.29. The van der Waals surface area contributed by atoms with E-state index in [2.05, 4.69) is 79.4 Å². The molecule has 7 fully saturated rings. The third kappa shape index (κ3) is 6.00. The number of hydrogen-bond donors (Lipinski definition) is 3. The van der Waals surface area contributed by atoms with Crippen molar-refractivity contribution in [3.05, 3.63) is 71.8 Å². The van der Waals surface area contributed by atoms with Crippen LogP contribution in [0.2, 0.25) is 0 Å². The molecule has 7 aliphatic rings. The molecule has 0 radical (unpaired) electrons. The van der Waals surface area contributed by atoms with Crippen LogP contribution in [0.3, 0.4) is 0 Å². The Morgan fingerprint density at radius 1 is 0.706 bits per heavy atom. The molecule has 4 nitrogen and oxygen atoms in total. The van der Waals surface area contributed by atoms with E-state index in [0.29, 0.717) is 58.8 Å². The Labute approximate surface area is 308 Å². The van der Waals surface area contributed by atoms with Gasteiger partial charge in [-0.15, -0.1) is 0 Å². The van der Waals surface area contributed by atoms with E-state index in [1.807, 2.05) is 0 Å². The van der Waals surface area contributed by atoms with Crippen molar-refractivity contribution in [1.82, 2.24) is 4.90 Å². The molecule has 0 amide bonds. The maximum absolute atomic E-state index is 12.5. The van der Waals surface area contributed by atoms with Gasteiger partial charge in [-0.2, -0.15) is 0 Å². The highest BCUT2D eigenvalue weighted by Gasteiger charge is 2.64. The lowest BCUT2D eigenvalue weighted by Crippen LogP contribution is -2.67. The zero-order chi connectivity index (χ0) is 35.0. The van der Waals surface area contributed by atoms with Crippen LogP contribution in [0.25, 0.3) is 0 Å². The highest BCUT2D eigenvalue weighted by molar-refractivity contribution is 5.29. The maximum atomic E-state index is 12.5. The first-order valence-corrected chi connectivity index (χ1v) is 21.6. The Bertz CT molecular complexity index is 1490. The average Bonchev–Trinajstić information content (AvgIpc) is 3.78. The summed E-state index contributed by atoms with van der Waals surface area (Å²) >= 11 is 0. The molecule has 14 atom stereocenters. The molecule has 2 aromatic carbocycles. The van der Waals surface area contributed by atoms with E-state index in [0.717, 1.165) is 45.1 Å². The monoisotopic (exact) mass is 694 g/mol. The molecule has 2 saturated heterocycles. The largest absolute Gasteiger partial charge is 0.393 e. The van der Waals surface area contributed by atoms with Gasteiger partial charge in [-0.25, -0.2) is 0 Å². The molecule has 0 spiro atoms. The van der Waals surface area contributed by atoms with Gasteiger partial charge in [-0.05, 0) is 172 Å². The van der Waals surface area contributed by atoms with Crippen LogP contribution in [-0.2, 0) is 5.41 Å². The molecule has 3 N–H and O–H groups in total. The van der Waals surface area contributed by atoms with Crippen molar-refractivity contribution in [2.24, 2.45) is 52.8 Å². The third-order valence-electron chi connectivity index (χ3n) is 17.7. The SMILES string of the molecule is CC1(O)C2CCC3C(CC4C3CC(O)C3CC(O)CCC34C)C2CN2CC(CCC(CC3(c4ccccc4)CCCC3)c3ccccc3)CCC21. The number of fused-ring (bicyclic) bond motifs is 8. The second kappa shape index (κ2) is 13.5. The predicted octanol–water partition coefficient (Wildman–Crippen LogP) is 9.12. The highest BCUT2D eigenvalue weighted by atomic mass is 16.3. The molecule has 51 heavy (non-hydrogen) atoms. The normalized spacial score (nSPS) is 45.2. The number of aliphatic hydroxyl groups is 3. The number of piperidine rings is 2. The third-order valence-corrected chi connectivity index (χ3v) is 17.7. The smallest absolute Gasteiger partial charge is 0.0805 e. The van der Waals surface area contributed by atoms with Crippen LogP contribution in [0, 0.1) is 52.8 Å². The van der Waals surface area contributed by atoms with Crippen molar-refractivity contribution < 1.29 is 15.3 Å². The van der Waals surface area contributed by atoms with Crippen LogP contribution in [0.4, 0.5) is 0 Å². The van der Waals surface area contributed by atoms with E-state index in [1.54, 1.807) is 5.56 Å². The molecule has 0 bridgehead atoms. The first-order valence-electron chi connectivity index (χ1n) is 21.6.